The van der Waals surface area contributed by atoms with Crippen LogP contribution in [0, 0.1) is 0 Å². The van der Waals surface area contributed by atoms with Gasteiger partial charge in [0.1, 0.15) is 5.75 Å². The minimum Gasteiger partial charge on any atom is -0.497 e. The lowest BCUT2D eigenvalue weighted by molar-refractivity contribution is 0.190. The van der Waals surface area contributed by atoms with Crippen LogP contribution >= 0.6 is 0 Å². The Kier molecular flexibility index (Phi) is 5.62. The Bertz CT molecular complexity index is 432. The summed E-state index contributed by atoms with van der Waals surface area (Å²) in [5.41, 5.74) is 7.73. The zero-order chi connectivity index (χ0) is 15.4. The van der Waals surface area contributed by atoms with E-state index in [1.165, 1.54) is 12.0 Å². The zero-order valence-corrected chi connectivity index (χ0v) is 13.7. The van der Waals surface area contributed by atoms with Crippen molar-refractivity contribution in [2.24, 2.45) is 5.73 Å². The maximum atomic E-state index is 6.43. The van der Waals surface area contributed by atoms with Gasteiger partial charge in [0.2, 0.25) is 0 Å². The predicted molar refractivity (Wildman–Crippen MR) is 87.7 cm³/mol. The van der Waals surface area contributed by atoms with Gasteiger partial charge in [0, 0.05) is 31.2 Å². The Balaban J connectivity index is 2.18. The minimum absolute atomic E-state index is 0.166. The third-order valence-electron chi connectivity index (χ3n) is 4.65. The van der Waals surface area contributed by atoms with Gasteiger partial charge in [0.25, 0.3) is 0 Å². The molecule has 4 nitrogen and oxygen atoms in total. The van der Waals surface area contributed by atoms with Crippen LogP contribution in [0.5, 0.6) is 5.75 Å². The first-order chi connectivity index (χ1) is 10.1. The largest absolute Gasteiger partial charge is 0.497 e. The van der Waals surface area contributed by atoms with Crippen LogP contribution in [0.15, 0.2) is 24.3 Å². The summed E-state index contributed by atoms with van der Waals surface area (Å²) in [6, 6.07) is 9.47. The summed E-state index contributed by atoms with van der Waals surface area (Å²) in [4.78, 5) is 4.86. The van der Waals surface area contributed by atoms with Gasteiger partial charge in [-0.05, 0) is 44.6 Å². The monoisotopic (exact) mass is 291 g/mol. The maximum Gasteiger partial charge on any atom is 0.118 e. The van der Waals surface area contributed by atoms with E-state index < -0.39 is 0 Å². The molecule has 0 bridgehead atoms. The Morgan fingerprint density at radius 1 is 1.33 bits per heavy atom. The van der Waals surface area contributed by atoms with E-state index in [2.05, 4.69) is 43.0 Å². The Morgan fingerprint density at radius 3 is 2.48 bits per heavy atom. The van der Waals surface area contributed by atoms with Gasteiger partial charge in [0.15, 0.2) is 0 Å². The molecule has 21 heavy (non-hydrogen) atoms. The van der Waals surface area contributed by atoms with Crippen molar-refractivity contribution in [3.8, 4) is 5.75 Å². The molecule has 1 saturated heterocycles. The molecule has 118 valence electrons. The highest BCUT2D eigenvalue weighted by Gasteiger charge is 2.32. The van der Waals surface area contributed by atoms with Crippen LogP contribution in [0.3, 0.4) is 0 Å². The highest BCUT2D eigenvalue weighted by atomic mass is 16.5. The van der Waals surface area contributed by atoms with Crippen molar-refractivity contribution in [2.75, 3.05) is 34.3 Å². The first-order valence-corrected chi connectivity index (χ1v) is 7.86. The number of likely N-dealkylation sites (N-methyl/N-ethyl adjacent to an activating group) is 1. The van der Waals surface area contributed by atoms with Gasteiger partial charge in [-0.15, -0.1) is 0 Å². The van der Waals surface area contributed by atoms with Crippen molar-refractivity contribution in [2.45, 2.75) is 37.9 Å². The third-order valence-corrected chi connectivity index (χ3v) is 4.65. The fraction of sp³-hybridized carbons (Fsp3) is 0.647. The maximum absolute atomic E-state index is 6.43. The van der Waals surface area contributed by atoms with Crippen LogP contribution in [0.4, 0.5) is 0 Å². The van der Waals surface area contributed by atoms with Gasteiger partial charge in [-0.25, -0.2) is 0 Å². The lowest BCUT2D eigenvalue weighted by atomic mass is 9.96. The van der Waals surface area contributed by atoms with Crippen LogP contribution in [0.25, 0.3) is 0 Å². The second-order valence-electron chi connectivity index (χ2n) is 6.19. The molecule has 0 amide bonds. The van der Waals surface area contributed by atoms with E-state index in [4.69, 9.17) is 10.5 Å². The van der Waals surface area contributed by atoms with Gasteiger partial charge in [-0.1, -0.05) is 19.1 Å². The summed E-state index contributed by atoms with van der Waals surface area (Å²) in [7, 11) is 6.03. The third kappa shape index (κ3) is 3.76. The lowest BCUT2D eigenvalue weighted by Gasteiger charge is -2.33. The van der Waals surface area contributed by atoms with Crippen LogP contribution in [0.2, 0.25) is 0 Å². The molecule has 1 heterocycles. The van der Waals surface area contributed by atoms with E-state index in [1.807, 2.05) is 12.1 Å². The minimum atomic E-state index is 0.166. The Labute approximate surface area is 128 Å². The molecular weight excluding hydrogens is 262 g/mol. The number of rotatable bonds is 6. The summed E-state index contributed by atoms with van der Waals surface area (Å²) in [5.74, 6) is 0.898. The van der Waals surface area contributed by atoms with Crippen molar-refractivity contribution < 1.29 is 4.74 Å². The normalized spacial score (nSPS) is 22.5. The molecule has 3 unspecified atom stereocenters. The molecule has 1 aromatic rings. The molecule has 1 aliphatic rings. The van der Waals surface area contributed by atoms with E-state index in [1.54, 1.807) is 7.11 Å². The fourth-order valence-electron chi connectivity index (χ4n) is 3.20. The van der Waals surface area contributed by atoms with Gasteiger partial charge in [-0.2, -0.15) is 0 Å². The van der Waals surface area contributed by atoms with Gasteiger partial charge >= 0.3 is 0 Å². The second-order valence-corrected chi connectivity index (χ2v) is 6.19. The molecule has 0 spiro atoms. The van der Waals surface area contributed by atoms with Crippen molar-refractivity contribution in [3.05, 3.63) is 29.8 Å². The molecule has 1 fully saturated rings. The lowest BCUT2D eigenvalue weighted by Crippen LogP contribution is -2.41. The molecular formula is C17H29N3O. The van der Waals surface area contributed by atoms with Crippen molar-refractivity contribution >= 4 is 0 Å². The van der Waals surface area contributed by atoms with Crippen LogP contribution < -0.4 is 10.5 Å². The van der Waals surface area contributed by atoms with Crippen molar-refractivity contribution in [1.82, 2.24) is 9.80 Å². The SMILES string of the molecule is CCC(N)C(c1ccc(OC)cc1)N1CCC(N(C)C)C1. The summed E-state index contributed by atoms with van der Waals surface area (Å²) >= 11 is 0. The van der Waals surface area contributed by atoms with Gasteiger partial charge in [0.05, 0.1) is 7.11 Å². The van der Waals surface area contributed by atoms with Crippen LogP contribution in [-0.2, 0) is 0 Å². The van der Waals surface area contributed by atoms with E-state index in [-0.39, 0.29) is 6.04 Å². The van der Waals surface area contributed by atoms with E-state index in [9.17, 15) is 0 Å². The number of likely N-dealkylation sites (tertiary alicyclic amines) is 1. The molecule has 0 radical (unpaired) electrons. The standard InChI is InChI=1S/C17H29N3O/c1-5-16(18)17(13-6-8-15(21-4)9-7-13)20-11-10-14(12-20)19(2)3/h6-9,14,16-17H,5,10-12,18H2,1-4H3. The number of benzene rings is 1. The highest BCUT2D eigenvalue weighted by molar-refractivity contribution is 5.30. The van der Waals surface area contributed by atoms with E-state index in [0.717, 1.165) is 25.3 Å². The smallest absolute Gasteiger partial charge is 0.118 e. The van der Waals surface area contributed by atoms with Crippen LogP contribution in [-0.4, -0.2) is 56.2 Å². The molecule has 1 aliphatic heterocycles. The Hall–Kier alpha value is -1.10. The van der Waals surface area contributed by atoms with Crippen molar-refractivity contribution in [3.63, 3.8) is 0 Å². The average molecular weight is 291 g/mol. The van der Waals surface area contributed by atoms with Crippen LogP contribution in [0.1, 0.15) is 31.4 Å². The predicted octanol–water partition coefficient (Wildman–Crippen LogP) is 2.11. The number of methoxy groups -OCH3 is 1. The molecule has 0 saturated carbocycles. The number of nitrogens with zero attached hydrogens (tertiary/aromatic N) is 2. The molecule has 2 rings (SSSR count). The first-order valence-electron chi connectivity index (χ1n) is 7.86. The molecule has 1 aromatic carbocycles. The highest BCUT2D eigenvalue weighted by Crippen LogP contribution is 2.30. The number of ether oxygens (including phenoxy) is 1. The zero-order valence-electron chi connectivity index (χ0n) is 13.7. The average Bonchev–Trinajstić information content (AvgIpc) is 2.97. The number of nitrogens with two attached hydrogens (primary N) is 1. The molecule has 3 atom stereocenters. The topological polar surface area (TPSA) is 41.7 Å². The quantitative estimate of drug-likeness (QED) is 0.871. The summed E-state index contributed by atoms with van der Waals surface area (Å²) < 4.78 is 5.26. The molecule has 0 aliphatic carbocycles. The second kappa shape index (κ2) is 7.25. The van der Waals surface area contributed by atoms with Gasteiger partial charge in [-0.3, -0.25) is 4.90 Å². The molecule has 0 aromatic heterocycles. The summed E-state index contributed by atoms with van der Waals surface area (Å²) in [6.45, 7) is 4.38. The first kappa shape index (κ1) is 16.3. The Morgan fingerprint density at radius 2 is 2.00 bits per heavy atom. The van der Waals surface area contributed by atoms with E-state index in [0.29, 0.717) is 12.1 Å². The summed E-state index contributed by atoms with van der Waals surface area (Å²) in [6.07, 6.45) is 2.20. The molecule has 4 heteroatoms. The van der Waals surface area contributed by atoms with Gasteiger partial charge < -0.3 is 15.4 Å². The van der Waals surface area contributed by atoms with E-state index >= 15 is 0 Å². The number of hydrogen-bond acceptors (Lipinski definition) is 4. The van der Waals surface area contributed by atoms with Crippen molar-refractivity contribution in [1.29, 1.82) is 0 Å². The molecule has 2 N–H and O–H groups in total. The fourth-order valence-corrected chi connectivity index (χ4v) is 3.20. The summed E-state index contributed by atoms with van der Waals surface area (Å²) in [5, 5.41) is 0. The number of hydrogen-bond donors (Lipinski definition) is 1.